The van der Waals surface area contributed by atoms with Gasteiger partial charge in [0.05, 0.1) is 38.7 Å². The highest BCUT2D eigenvalue weighted by atomic mass is 32.1. The molecule has 0 fully saturated rings. The summed E-state index contributed by atoms with van der Waals surface area (Å²) >= 11 is 5.29. The van der Waals surface area contributed by atoms with Gasteiger partial charge in [0.1, 0.15) is 5.75 Å². The van der Waals surface area contributed by atoms with Gasteiger partial charge in [-0.05, 0) is 44.3 Å². The number of allylic oxidation sites excluding steroid dienone is 1. The van der Waals surface area contributed by atoms with Crippen LogP contribution in [0.3, 0.4) is 0 Å². The molecule has 0 radical (unpaired) electrons. The molecule has 2 aromatic rings. The fourth-order valence-electron chi connectivity index (χ4n) is 3.62. The van der Waals surface area contributed by atoms with Crippen molar-refractivity contribution in [3.8, 4) is 17.2 Å². The Morgan fingerprint density at radius 3 is 2.58 bits per heavy atom. The minimum atomic E-state index is -0.615. The molecule has 0 spiro atoms. The van der Waals surface area contributed by atoms with Crippen LogP contribution in [0.4, 0.5) is 0 Å². The molecule has 0 aliphatic carbocycles. The summed E-state index contributed by atoms with van der Waals surface area (Å²) in [4.78, 5) is 25.1. The van der Waals surface area contributed by atoms with E-state index in [1.807, 2.05) is 0 Å². The summed E-state index contributed by atoms with van der Waals surface area (Å²) < 4.78 is 21.6. The Morgan fingerprint density at radius 2 is 1.86 bits per heavy atom. The van der Waals surface area contributed by atoms with Crippen LogP contribution in [0.25, 0.3) is 0 Å². The van der Waals surface area contributed by atoms with Gasteiger partial charge in [-0.1, -0.05) is 24.3 Å². The highest BCUT2D eigenvalue weighted by Crippen LogP contribution is 2.33. The summed E-state index contributed by atoms with van der Waals surface area (Å²) in [6.45, 7) is 3.40. The molecule has 1 aliphatic heterocycles. The zero-order valence-corrected chi connectivity index (χ0v) is 21.2. The monoisotopic (exact) mass is 512 g/mol. The number of methoxy groups -OCH3 is 2. The maximum absolute atomic E-state index is 12.7. The lowest BCUT2D eigenvalue weighted by Crippen LogP contribution is -2.45. The van der Waals surface area contributed by atoms with Crippen molar-refractivity contribution in [2.75, 3.05) is 27.4 Å². The largest absolute Gasteiger partial charge is 0.493 e. The summed E-state index contributed by atoms with van der Waals surface area (Å²) in [7, 11) is 3.06. The maximum Gasteiger partial charge on any atom is 0.338 e. The van der Waals surface area contributed by atoms with E-state index in [9.17, 15) is 9.59 Å². The van der Waals surface area contributed by atoms with Crippen LogP contribution in [0.2, 0.25) is 0 Å². The molecule has 3 N–H and O–H groups in total. The van der Waals surface area contributed by atoms with E-state index < -0.39 is 17.9 Å². The van der Waals surface area contributed by atoms with Gasteiger partial charge < -0.3 is 29.6 Å². The van der Waals surface area contributed by atoms with Crippen molar-refractivity contribution in [3.05, 3.63) is 64.9 Å². The summed E-state index contributed by atoms with van der Waals surface area (Å²) in [5.41, 5.74) is 4.64. The second-order valence-corrected chi connectivity index (χ2v) is 7.90. The first kappa shape index (κ1) is 26.5. The van der Waals surface area contributed by atoms with E-state index in [0.717, 1.165) is 0 Å². The molecule has 1 aliphatic rings. The number of carbonyl (C=O) groups is 2. The normalized spacial score (nSPS) is 15.1. The first-order chi connectivity index (χ1) is 17.4. The molecule has 0 saturated heterocycles. The molecular weight excluding hydrogens is 484 g/mol. The molecule has 1 amide bonds. The van der Waals surface area contributed by atoms with Gasteiger partial charge in [-0.3, -0.25) is 4.79 Å². The Bertz CT molecular complexity index is 1200. The third-order valence-electron chi connectivity index (χ3n) is 5.18. The van der Waals surface area contributed by atoms with Crippen LogP contribution in [0, 0.1) is 0 Å². The van der Waals surface area contributed by atoms with Gasteiger partial charge in [0.15, 0.2) is 23.2 Å². The van der Waals surface area contributed by atoms with E-state index in [-0.39, 0.29) is 13.2 Å². The lowest BCUT2D eigenvalue weighted by atomic mass is 9.95. The molecule has 2 aromatic carbocycles. The molecule has 0 aromatic heterocycles. The van der Waals surface area contributed by atoms with Crippen molar-refractivity contribution in [3.63, 3.8) is 0 Å². The molecule has 10 nitrogen and oxygen atoms in total. The quantitative estimate of drug-likeness (QED) is 0.191. The van der Waals surface area contributed by atoms with Gasteiger partial charge in [-0.2, -0.15) is 5.10 Å². The van der Waals surface area contributed by atoms with Gasteiger partial charge in [0.25, 0.3) is 5.91 Å². The summed E-state index contributed by atoms with van der Waals surface area (Å²) in [5, 5.41) is 10.4. The molecule has 11 heteroatoms. The highest BCUT2D eigenvalue weighted by molar-refractivity contribution is 7.80. The van der Waals surface area contributed by atoms with Gasteiger partial charge in [0.2, 0.25) is 0 Å². The molecule has 36 heavy (non-hydrogen) atoms. The van der Waals surface area contributed by atoms with Gasteiger partial charge >= 0.3 is 5.97 Å². The minimum Gasteiger partial charge on any atom is -0.493 e. The van der Waals surface area contributed by atoms with Crippen molar-refractivity contribution < 1.29 is 28.5 Å². The predicted molar refractivity (Wildman–Crippen MR) is 138 cm³/mol. The number of nitrogens with zero attached hydrogens (tertiary/aromatic N) is 1. The van der Waals surface area contributed by atoms with E-state index in [1.165, 1.54) is 20.4 Å². The number of ether oxygens (including phenoxy) is 4. The summed E-state index contributed by atoms with van der Waals surface area (Å²) in [6.07, 6.45) is 1.45. The Hall–Kier alpha value is -4.12. The standard InChI is InChI=1S/C25H28N4O6S/c1-5-34-24(31)21-15(2)27-25(36)28-22(21)17-10-6-7-11-18(17)35-14-20(30)29-26-13-16-9-8-12-19(32-3)23(16)33-4/h6-13,22H,5,14H2,1-4H3,(H,29,30)(H2,27,28,36)/t22-/m1/s1. The molecule has 190 valence electrons. The van der Waals surface area contributed by atoms with Crippen LogP contribution in [-0.2, 0) is 14.3 Å². The SMILES string of the molecule is CCOC(=O)C1=C(C)NC(=S)N[C@@H]1c1ccccc1OCC(=O)NN=Cc1cccc(OC)c1OC. The number of hydrazone groups is 1. The number of rotatable bonds is 10. The first-order valence-electron chi connectivity index (χ1n) is 11.1. The number of para-hydroxylation sites is 2. The second kappa shape index (κ2) is 12.5. The number of hydrogen-bond donors (Lipinski definition) is 3. The number of benzene rings is 2. The number of esters is 1. The molecular formula is C25H28N4O6S. The zero-order valence-electron chi connectivity index (χ0n) is 20.4. The Labute approximate surface area is 214 Å². The molecule has 1 heterocycles. The average molecular weight is 513 g/mol. The van der Waals surface area contributed by atoms with Crippen LogP contribution in [-0.4, -0.2) is 50.6 Å². The molecule has 0 unspecified atom stereocenters. The maximum atomic E-state index is 12.7. The van der Waals surface area contributed by atoms with Crippen LogP contribution in [0.1, 0.15) is 31.0 Å². The molecule has 1 atom stereocenters. The van der Waals surface area contributed by atoms with Crippen LogP contribution in [0.5, 0.6) is 17.2 Å². The second-order valence-electron chi connectivity index (χ2n) is 7.49. The van der Waals surface area contributed by atoms with Gasteiger partial charge in [-0.15, -0.1) is 0 Å². The fourth-order valence-corrected chi connectivity index (χ4v) is 3.89. The van der Waals surface area contributed by atoms with Gasteiger partial charge in [-0.25, -0.2) is 10.2 Å². The number of carbonyl (C=O) groups excluding carboxylic acids is 2. The summed E-state index contributed by atoms with van der Waals surface area (Å²) in [5.74, 6) is 0.496. The predicted octanol–water partition coefficient (Wildman–Crippen LogP) is 2.59. The van der Waals surface area contributed by atoms with E-state index in [4.69, 9.17) is 31.2 Å². The van der Waals surface area contributed by atoms with Crippen molar-refractivity contribution in [1.29, 1.82) is 0 Å². The molecule has 0 bridgehead atoms. The van der Waals surface area contributed by atoms with Crippen molar-refractivity contribution in [1.82, 2.24) is 16.1 Å². The molecule has 3 rings (SSSR count). The molecule has 0 saturated carbocycles. The smallest absolute Gasteiger partial charge is 0.338 e. The van der Waals surface area contributed by atoms with E-state index in [1.54, 1.807) is 56.3 Å². The van der Waals surface area contributed by atoms with Crippen molar-refractivity contribution in [2.45, 2.75) is 19.9 Å². The van der Waals surface area contributed by atoms with E-state index in [0.29, 0.717) is 44.8 Å². The Balaban J connectivity index is 1.72. The summed E-state index contributed by atoms with van der Waals surface area (Å²) in [6, 6.07) is 11.8. The zero-order chi connectivity index (χ0) is 26.1. The lowest BCUT2D eigenvalue weighted by molar-refractivity contribution is -0.139. The topological polar surface area (TPSA) is 120 Å². The number of thiocarbonyl (C=S) groups is 1. The third kappa shape index (κ3) is 6.30. The van der Waals surface area contributed by atoms with E-state index >= 15 is 0 Å². The Kier molecular flexibility index (Phi) is 9.23. The Morgan fingerprint density at radius 1 is 1.11 bits per heavy atom. The van der Waals surface area contributed by atoms with Crippen molar-refractivity contribution >= 4 is 35.4 Å². The van der Waals surface area contributed by atoms with Crippen LogP contribution in [0.15, 0.2) is 58.8 Å². The highest BCUT2D eigenvalue weighted by Gasteiger charge is 2.32. The number of hydrogen-bond acceptors (Lipinski definition) is 8. The average Bonchev–Trinajstić information content (AvgIpc) is 2.87. The first-order valence-corrected chi connectivity index (χ1v) is 11.5. The third-order valence-corrected chi connectivity index (χ3v) is 5.40. The minimum absolute atomic E-state index is 0.229. The fraction of sp³-hybridized carbons (Fsp3) is 0.280. The van der Waals surface area contributed by atoms with Crippen molar-refractivity contribution in [2.24, 2.45) is 5.10 Å². The van der Waals surface area contributed by atoms with Gasteiger partial charge in [0, 0.05) is 16.8 Å². The van der Waals surface area contributed by atoms with Crippen LogP contribution < -0.4 is 30.3 Å². The lowest BCUT2D eigenvalue weighted by Gasteiger charge is -2.30. The number of nitrogens with one attached hydrogen (secondary N) is 3. The van der Waals surface area contributed by atoms with Crippen LogP contribution >= 0.6 is 12.2 Å². The number of amides is 1. The van der Waals surface area contributed by atoms with E-state index in [2.05, 4.69) is 21.2 Å².